The van der Waals surface area contributed by atoms with Gasteiger partial charge in [0.2, 0.25) is 11.8 Å². The first-order chi connectivity index (χ1) is 11.5. The summed E-state index contributed by atoms with van der Waals surface area (Å²) in [4.78, 5) is 12.4. The van der Waals surface area contributed by atoms with Crippen LogP contribution in [0.25, 0.3) is 0 Å². The number of carbonyl (C=O) groups excluding carboxylic acids is 1. The fourth-order valence-corrected chi connectivity index (χ4v) is 4.02. The molecule has 0 aromatic rings. The largest absolute Gasteiger partial charge is 0.443 e. The third-order valence-electron chi connectivity index (χ3n) is 4.77. The highest BCUT2D eigenvalue weighted by Gasteiger charge is 2.78. The number of amides is 1. The first-order valence-electron chi connectivity index (χ1n) is 8.39. The van der Waals surface area contributed by atoms with Crippen molar-refractivity contribution >= 4 is 11.8 Å². The maximum atomic E-state index is 12.4. The van der Waals surface area contributed by atoms with Crippen molar-refractivity contribution < 1.29 is 33.2 Å². The van der Waals surface area contributed by atoms with Crippen LogP contribution in [0.15, 0.2) is 5.10 Å². The zero-order chi connectivity index (χ0) is 18.3. The molecule has 4 heterocycles. The van der Waals surface area contributed by atoms with Gasteiger partial charge in [0.15, 0.2) is 17.7 Å². The fourth-order valence-electron chi connectivity index (χ4n) is 4.02. The molecule has 4 aliphatic heterocycles. The SMILES string of the molecule is CC(=O)N1N=C(C)O[C@]12[C@@H]1OC(C)(C)O[C@@H]1CO[C@]21COC(C)(C)O1. The summed E-state index contributed by atoms with van der Waals surface area (Å²) in [5.41, 5.74) is -1.46. The number of carbonyl (C=O) groups is 1. The van der Waals surface area contributed by atoms with Crippen LogP contribution in [0.4, 0.5) is 0 Å². The van der Waals surface area contributed by atoms with Crippen molar-refractivity contribution in [2.24, 2.45) is 5.10 Å². The van der Waals surface area contributed by atoms with Crippen LogP contribution >= 0.6 is 0 Å². The Hall–Kier alpha value is -1.26. The van der Waals surface area contributed by atoms with Crippen molar-refractivity contribution in [3.8, 4) is 0 Å². The second-order valence-corrected chi connectivity index (χ2v) is 7.70. The minimum absolute atomic E-state index is 0.0690. The van der Waals surface area contributed by atoms with E-state index in [4.69, 9.17) is 28.4 Å². The molecule has 0 N–H and O–H groups in total. The van der Waals surface area contributed by atoms with E-state index in [9.17, 15) is 4.79 Å². The maximum absolute atomic E-state index is 12.4. The Bertz CT molecular complexity index is 646. The average Bonchev–Trinajstić information content (AvgIpc) is 3.08. The normalized spacial score (nSPS) is 44.1. The predicted molar refractivity (Wildman–Crippen MR) is 83.1 cm³/mol. The number of fused-ring (bicyclic) bond motifs is 3. The standard InChI is InChI=1S/C16H24N2O7/c1-9-17-18(10(2)19)16(22-9)12-11(23-14(5,6)24-12)7-20-15(16)8-21-13(3,4)25-15/h11-12H,7-8H2,1-6H3/t11-,12-,15+,16+/m1/s1. The van der Waals surface area contributed by atoms with Crippen LogP contribution in [0.1, 0.15) is 41.5 Å². The van der Waals surface area contributed by atoms with Crippen LogP contribution in [-0.4, -0.2) is 65.3 Å². The van der Waals surface area contributed by atoms with E-state index < -0.39 is 35.3 Å². The molecule has 2 spiro atoms. The first-order valence-corrected chi connectivity index (χ1v) is 8.39. The summed E-state index contributed by atoms with van der Waals surface area (Å²) in [6, 6.07) is 0. The van der Waals surface area contributed by atoms with Gasteiger partial charge in [0.1, 0.15) is 12.7 Å². The second kappa shape index (κ2) is 4.92. The smallest absolute Gasteiger partial charge is 0.291 e. The Morgan fingerprint density at radius 2 is 1.88 bits per heavy atom. The third kappa shape index (κ3) is 2.26. The van der Waals surface area contributed by atoms with E-state index in [1.807, 2.05) is 13.8 Å². The molecule has 4 aliphatic rings. The van der Waals surface area contributed by atoms with E-state index >= 15 is 0 Å². The van der Waals surface area contributed by atoms with Gasteiger partial charge >= 0.3 is 0 Å². The van der Waals surface area contributed by atoms with E-state index in [1.54, 1.807) is 20.8 Å². The molecule has 9 nitrogen and oxygen atoms in total. The van der Waals surface area contributed by atoms with Crippen LogP contribution in [0, 0.1) is 0 Å². The van der Waals surface area contributed by atoms with E-state index in [-0.39, 0.29) is 19.1 Å². The van der Waals surface area contributed by atoms with Gasteiger partial charge < -0.3 is 28.4 Å². The minimum atomic E-state index is -1.46. The lowest BCUT2D eigenvalue weighted by Crippen LogP contribution is -2.76. The van der Waals surface area contributed by atoms with Crippen LogP contribution in [0.3, 0.4) is 0 Å². The van der Waals surface area contributed by atoms with Crippen molar-refractivity contribution in [2.75, 3.05) is 13.2 Å². The molecular weight excluding hydrogens is 332 g/mol. The van der Waals surface area contributed by atoms with Gasteiger partial charge in [0.05, 0.1) is 6.61 Å². The molecule has 140 valence electrons. The minimum Gasteiger partial charge on any atom is -0.443 e. The summed E-state index contributed by atoms with van der Waals surface area (Å²) in [5.74, 6) is -3.14. The van der Waals surface area contributed by atoms with E-state index in [1.165, 1.54) is 11.9 Å². The first kappa shape index (κ1) is 17.2. The second-order valence-electron chi connectivity index (χ2n) is 7.70. The molecule has 1 amide bonds. The van der Waals surface area contributed by atoms with E-state index in [0.717, 1.165) is 0 Å². The van der Waals surface area contributed by atoms with Gasteiger partial charge in [0, 0.05) is 13.8 Å². The number of rotatable bonds is 0. The summed E-state index contributed by atoms with van der Waals surface area (Å²) in [7, 11) is 0. The molecule has 0 radical (unpaired) electrons. The zero-order valence-corrected chi connectivity index (χ0v) is 15.3. The van der Waals surface area contributed by atoms with Gasteiger partial charge in [-0.2, -0.15) is 5.01 Å². The van der Waals surface area contributed by atoms with E-state index in [0.29, 0.717) is 5.90 Å². The molecule has 25 heavy (non-hydrogen) atoms. The Morgan fingerprint density at radius 1 is 1.16 bits per heavy atom. The summed E-state index contributed by atoms with van der Waals surface area (Å²) in [5, 5.41) is 5.51. The Labute approximate surface area is 146 Å². The Balaban J connectivity index is 1.85. The zero-order valence-electron chi connectivity index (χ0n) is 15.3. The van der Waals surface area contributed by atoms with Crippen molar-refractivity contribution in [3.05, 3.63) is 0 Å². The summed E-state index contributed by atoms with van der Waals surface area (Å²) in [6.07, 6.45) is -1.09. The lowest BCUT2D eigenvalue weighted by molar-refractivity contribution is -0.386. The molecule has 4 rings (SSSR count). The molecule has 0 aromatic heterocycles. The fraction of sp³-hybridized carbons (Fsp3) is 0.875. The van der Waals surface area contributed by atoms with Crippen molar-refractivity contribution in [2.45, 2.75) is 76.8 Å². The molecule has 4 atom stereocenters. The van der Waals surface area contributed by atoms with Gasteiger partial charge in [-0.1, -0.05) is 0 Å². The average molecular weight is 356 g/mol. The Kier molecular flexibility index (Phi) is 3.38. The van der Waals surface area contributed by atoms with Gasteiger partial charge in [-0.05, 0) is 27.7 Å². The van der Waals surface area contributed by atoms with Crippen LogP contribution in [-0.2, 0) is 33.2 Å². The molecule has 9 heteroatoms. The van der Waals surface area contributed by atoms with Gasteiger partial charge in [-0.15, -0.1) is 5.10 Å². The molecule has 0 saturated carbocycles. The highest BCUT2D eigenvalue weighted by Crippen LogP contribution is 2.54. The number of ether oxygens (including phenoxy) is 6. The van der Waals surface area contributed by atoms with Crippen LogP contribution in [0.5, 0.6) is 0 Å². The van der Waals surface area contributed by atoms with Gasteiger partial charge in [-0.3, -0.25) is 4.79 Å². The lowest BCUT2D eigenvalue weighted by Gasteiger charge is -2.52. The number of hydrogen-bond acceptors (Lipinski definition) is 8. The molecule has 3 fully saturated rings. The molecular formula is C16H24N2O7. The molecule has 0 aromatic carbocycles. The van der Waals surface area contributed by atoms with Crippen molar-refractivity contribution in [3.63, 3.8) is 0 Å². The van der Waals surface area contributed by atoms with Crippen LogP contribution in [0.2, 0.25) is 0 Å². The van der Waals surface area contributed by atoms with E-state index in [2.05, 4.69) is 5.10 Å². The topological polar surface area (TPSA) is 88.1 Å². The quantitative estimate of drug-likeness (QED) is 0.638. The van der Waals surface area contributed by atoms with Gasteiger partial charge in [0.25, 0.3) is 11.5 Å². The lowest BCUT2D eigenvalue weighted by atomic mass is 9.88. The molecule has 0 unspecified atom stereocenters. The predicted octanol–water partition coefficient (Wildman–Crippen LogP) is 0.924. The summed E-state index contributed by atoms with van der Waals surface area (Å²) >= 11 is 0. The summed E-state index contributed by atoms with van der Waals surface area (Å²) < 4.78 is 36.2. The Morgan fingerprint density at radius 3 is 2.48 bits per heavy atom. The number of nitrogens with zero attached hydrogens (tertiary/aromatic N) is 2. The molecule has 0 aliphatic carbocycles. The van der Waals surface area contributed by atoms with Crippen LogP contribution < -0.4 is 0 Å². The van der Waals surface area contributed by atoms with Crippen molar-refractivity contribution in [1.82, 2.24) is 5.01 Å². The van der Waals surface area contributed by atoms with Gasteiger partial charge in [-0.25, -0.2) is 0 Å². The monoisotopic (exact) mass is 356 g/mol. The number of hydrogen-bond donors (Lipinski definition) is 0. The third-order valence-corrected chi connectivity index (χ3v) is 4.77. The van der Waals surface area contributed by atoms with Crippen molar-refractivity contribution in [1.29, 1.82) is 0 Å². The molecule has 0 bridgehead atoms. The molecule has 3 saturated heterocycles. The summed E-state index contributed by atoms with van der Waals surface area (Å²) in [6.45, 7) is 10.5. The number of hydrazone groups is 1. The maximum Gasteiger partial charge on any atom is 0.291 e. The highest BCUT2D eigenvalue weighted by atomic mass is 16.9. The highest BCUT2D eigenvalue weighted by molar-refractivity contribution is 5.82.